The SMILES string of the molecule is C[C@@H](CNC(=O)C1CCN(c2ccc(C#N)cn2)CC1)c1ccccc1. The van der Waals surface area contributed by atoms with Crippen LogP contribution >= 0.6 is 0 Å². The van der Waals surface area contributed by atoms with Gasteiger partial charge in [-0.3, -0.25) is 4.79 Å². The summed E-state index contributed by atoms with van der Waals surface area (Å²) in [4.78, 5) is 19.0. The Kier molecular flexibility index (Phi) is 5.85. The molecule has 1 saturated heterocycles. The second-order valence-corrected chi connectivity index (χ2v) is 6.84. The molecule has 0 bridgehead atoms. The van der Waals surface area contributed by atoms with E-state index in [0.717, 1.165) is 31.7 Å². The van der Waals surface area contributed by atoms with Crippen molar-refractivity contribution in [2.45, 2.75) is 25.7 Å². The molecule has 5 heteroatoms. The normalized spacial score (nSPS) is 15.9. The summed E-state index contributed by atoms with van der Waals surface area (Å²) in [5.74, 6) is 1.40. The summed E-state index contributed by atoms with van der Waals surface area (Å²) in [6, 6.07) is 16.0. The van der Waals surface area contributed by atoms with Crippen LogP contribution in [0.2, 0.25) is 0 Å². The van der Waals surface area contributed by atoms with Crippen molar-refractivity contribution >= 4 is 11.7 Å². The molecule has 0 radical (unpaired) electrons. The zero-order chi connectivity index (χ0) is 18.4. The van der Waals surface area contributed by atoms with E-state index in [-0.39, 0.29) is 11.8 Å². The average Bonchev–Trinajstić information content (AvgIpc) is 2.72. The third-order valence-electron chi connectivity index (χ3n) is 5.02. The highest BCUT2D eigenvalue weighted by Gasteiger charge is 2.25. The lowest BCUT2D eigenvalue weighted by Gasteiger charge is -2.32. The van der Waals surface area contributed by atoms with Crippen LogP contribution in [0, 0.1) is 17.2 Å². The number of nitrogens with one attached hydrogen (secondary N) is 1. The number of aromatic nitrogens is 1. The topological polar surface area (TPSA) is 69.0 Å². The van der Waals surface area contributed by atoms with Crippen molar-refractivity contribution in [1.82, 2.24) is 10.3 Å². The van der Waals surface area contributed by atoms with Gasteiger partial charge in [0.15, 0.2) is 0 Å². The van der Waals surface area contributed by atoms with Gasteiger partial charge in [-0.1, -0.05) is 37.3 Å². The summed E-state index contributed by atoms with van der Waals surface area (Å²) in [6.45, 7) is 4.42. The Bertz CT molecular complexity index is 759. The highest BCUT2D eigenvalue weighted by Crippen LogP contribution is 2.22. The fourth-order valence-electron chi connectivity index (χ4n) is 3.31. The fraction of sp³-hybridized carbons (Fsp3) is 0.381. The van der Waals surface area contributed by atoms with Gasteiger partial charge in [0.05, 0.1) is 5.56 Å². The predicted molar refractivity (Wildman–Crippen MR) is 102 cm³/mol. The van der Waals surface area contributed by atoms with Crippen molar-refractivity contribution in [2.75, 3.05) is 24.5 Å². The number of nitriles is 1. The first kappa shape index (κ1) is 17.9. The molecule has 134 valence electrons. The van der Waals surface area contributed by atoms with Crippen molar-refractivity contribution in [3.05, 3.63) is 59.8 Å². The maximum absolute atomic E-state index is 12.5. The zero-order valence-corrected chi connectivity index (χ0v) is 15.1. The molecule has 2 heterocycles. The van der Waals surface area contributed by atoms with Crippen LogP contribution in [0.1, 0.15) is 36.8 Å². The van der Waals surface area contributed by atoms with E-state index in [4.69, 9.17) is 5.26 Å². The predicted octanol–water partition coefficient (Wildman–Crippen LogP) is 3.09. The van der Waals surface area contributed by atoms with Gasteiger partial charge in [-0.15, -0.1) is 0 Å². The van der Waals surface area contributed by atoms with Gasteiger partial charge < -0.3 is 10.2 Å². The minimum Gasteiger partial charge on any atom is -0.357 e. The quantitative estimate of drug-likeness (QED) is 0.901. The van der Waals surface area contributed by atoms with Gasteiger partial charge in [0.1, 0.15) is 11.9 Å². The van der Waals surface area contributed by atoms with Crippen LogP contribution < -0.4 is 10.2 Å². The standard InChI is InChI=1S/C21H24N4O/c1-16(18-5-3-2-4-6-18)14-24-21(26)19-9-11-25(12-10-19)20-8-7-17(13-22)15-23-20/h2-8,15-16,19H,9-12,14H2,1H3,(H,24,26)/t16-/m0/s1. The van der Waals surface area contributed by atoms with E-state index in [2.05, 4.69) is 40.3 Å². The van der Waals surface area contributed by atoms with E-state index in [1.165, 1.54) is 5.56 Å². The van der Waals surface area contributed by atoms with E-state index in [9.17, 15) is 4.79 Å². The molecule has 1 aromatic heterocycles. The molecule has 0 unspecified atom stereocenters. The summed E-state index contributed by atoms with van der Waals surface area (Å²) in [5, 5.41) is 12.0. The Labute approximate surface area is 154 Å². The molecule has 3 rings (SSSR count). The molecule has 5 nitrogen and oxygen atoms in total. The number of rotatable bonds is 5. The molecule has 1 aromatic carbocycles. The number of anilines is 1. The van der Waals surface area contributed by atoms with Gasteiger partial charge in [0, 0.05) is 31.7 Å². The molecule has 0 spiro atoms. The molecule has 1 amide bonds. The van der Waals surface area contributed by atoms with Crippen molar-refractivity contribution in [3.63, 3.8) is 0 Å². The lowest BCUT2D eigenvalue weighted by Crippen LogP contribution is -2.41. The molecular formula is C21H24N4O. The third-order valence-corrected chi connectivity index (χ3v) is 5.02. The summed E-state index contributed by atoms with van der Waals surface area (Å²) in [7, 11) is 0. The van der Waals surface area contributed by atoms with Gasteiger partial charge in [0.25, 0.3) is 0 Å². The number of carbonyl (C=O) groups is 1. The Balaban J connectivity index is 1.46. The van der Waals surface area contributed by atoms with E-state index in [1.54, 1.807) is 12.3 Å². The summed E-state index contributed by atoms with van der Waals surface area (Å²) in [5.41, 5.74) is 1.81. The van der Waals surface area contributed by atoms with E-state index >= 15 is 0 Å². The second kappa shape index (κ2) is 8.48. The molecule has 1 N–H and O–H groups in total. The number of pyridine rings is 1. The van der Waals surface area contributed by atoms with E-state index in [1.807, 2.05) is 24.3 Å². The maximum atomic E-state index is 12.5. The Hall–Kier alpha value is -2.87. The van der Waals surface area contributed by atoms with Crippen LogP contribution in [0.5, 0.6) is 0 Å². The number of nitrogens with zero attached hydrogens (tertiary/aromatic N) is 3. The Morgan fingerprint density at radius 2 is 2.00 bits per heavy atom. The number of hydrogen-bond acceptors (Lipinski definition) is 4. The third kappa shape index (κ3) is 4.40. The van der Waals surface area contributed by atoms with Crippen LogP contribution in [-0.2, 0) is 4.79 Å². The fourth-order valence-corrected chi connectivity index (χ4v) is 3.31. The lowest BCUT2D eigenvalue weighted by atomic mass is 9.95. The summed E-state index contributed by atoms with van der Waals surface area (Å²) >= 11 is 0. The minimum absolute atomic E-state index is 0.0626. The van der Waals surface area contributed by atoms with Crippen molar-refractivity contribution < 1.29 is 4.79 Å². The van der Waals surface area contributed by atoms with Crippen LogP contribution in [-0.4, -0.2) is 30.5 Å². The summed E-state index contributed by atoms with van der Waals surface area (Å²) in [6.07, 6.45) is 3.25. The molecule has 1 fully saturated rings. The van der Waals surface area contributed by atoms with Crippen molar-refractivity contribution in [3.8, 4) is 6.07 Å². The highest BCUT2D eigenvalue weighted by atomic mass is 16.1. The Morgan fingerprint density at radius 1 is 1.27 bits per heavy atom. The monoisotopic (exact) mass is 348 g/mol. The van der Waals surface area contributed by atoms with Crippen LogP contribution in [0.3, 0.4) is 0 Å². The van der Waals surface area contributed by atoms with E-state index < -0.39 is 0 Å². The molecule has 26 heavy (non-hydrogen) atoms. The first-order valence-electron chi connectivity index (χ1n) is 9.11. The maximum Gasteiger partial charge on any atom is 0.223 e. The van der Waals surface area contributed by atoms with Crippen molar-refractivity contribution in [2.24, 2.45) is 5.92 Å². The molecular weight excluding hydrogens is 324 g/mol. The van der Waals surface area contributed by atoms with E-state index in [0.29, 0.717) is 18.0 Å². The molecule has 0 aliphatic carbocycles. The van der Waals surface area contributed by atoms with Gasteiger partial charge in [-0.05, 0) is 36.5 Å². The average molecular weight is 348 g/mol. The lowest BCUT2D eigenvalue weighted by molar-refractivity contribution is -0.125. The van der Waals surface area contributed by atoms with Gasteiger partial charge in [-0.25, -0.2) is 4.98 Å². The molecule has 0 saturated carbocycles. The van der Waals surface area contributed by atoms with Crippen LogP contribution in [0.4, 0.5) is 5.82 Å². The Morgan fingerprint density at radius 3 is 2.62 bits per heavy atom. The highest BCUT2D eigenvalue weighted by molar-refractivity contribution is 5.79. The zero-order valence-electron chi connectivity index (χ0n) is 15.1. The molecule has 1 atom stereocenters. The van der Waals surface area contributed by atoms with Gasteiger partial charge in [0.2, 0.25) is 5.91 Å². The molecule has 2 aromatic rings. The number of amides is 1. The number of benzene rings is 1. The van der Waals surface area contributed by atoms with Gasteiger partial charge >= 0.3 is 0 Å². The molecule has 1 aliphatic heterocycles. The second-order valence-electron chi connectivity index (χ2n) is 6.84. The van der Waals surface area contributed by atoms with Crippen LogP contribution in [0.25, 0.3) is 0 Å². The molecule has 1 aliphatic rings. The summed E-state index contributed by atoms with van der Waals surface area (Å²) < 4.78 is 0. The van der Waals surface area contributed by atoms with Gasteiger partial charge in [-0.2, -0.15) is 5.26 Å². The first-order chi connectivity index (χ1) is 12.7. The first-order valence-corrected chi connectivity index (χ1v) is 9.11. The number of hydrogen-bond donors (Lipinski definition) is 1. The number of piperidine rings is 1. The van der Waals surface area contributed by atoms with Crippen LogP contribution in [0.15, 0.2) is 48.7 Å². The van der Waals surface area contributed by atoms with Crippen molar-refractivity contribution in [1.29, 1.82) is 5.26 Å². The number of carbonyl (C=O) groups excluding carboxylic acids is 1. The minimum atomic E-state index is 0.0626. The smallest absolute Gasteiger partial charge is 0.223 e. The largest absolute Gasteiger partial charge is 0.357 e.